The number of benzene rings is 2. The van der Waals surface area contributed by atoms with Gasteiger partial charge in [0, 0.05) is 0 Å². The van der Waals surface area contributed by atoms with E-state index < -0.39 is 18.5 Å². The number of ether oxygens (including phenoxy) is 2. The fourth-order valence-electron chi connectivity index (χ4n) is 2.31. The largest absolute Gasteiger partial charge is 0.455 e. The van der Waals surface area contributed by atoms with Crippen LogP contribution in [-0.2, 0) is 14.3 Å². The van der Waals surface area contributed by atoms with E-state index >= 15 is 0 Å². The third-order valence-corrected chi connectivity index (χ3v) is 4.50. The molecule has 8 heteroatoms. The monoisotopic (exact) mass is 410 g/mol. The average Bonchev–Trinajstić information content (AvgIpc) is 3.28. The van der Waals surface area contributed by atoms with E-state index in [1.54, 1.807) is 53.9 Å². The average molecular weight is 410 g/mol. The number of hydrogen-bond donors (Lipinski definition) is 2. The molecule has 7 nitrogen and oxygen atoms in total. The molecule has 0 aliphatic rings. The normalized spacial score (nSPS) is 10.1. The third kappa shape index (κ3) is 6.18. The minimum absolute atomic E-state index is 0.322. The number of amides is 2. The van der Waals surface area contributed by atoms with Gasteiger partial charge >= 0.3 is 5.97 Å². The van der Waals surface area contributed by atoms with Crippen LogP contribution in [0.3, 0.4) is 0 Å². The summed E-state index contributed by atoms with van der Waals surface area (Å²) in [6.45, 7) is -0.801. The van der Waals surface area contributed by atoms with Gasteiger partial charge in [-0.3, -0.25) is 14.4 Å². The van der Waals surface area contributed by atoms with Gasteiger partial charge in [0.25, 0.3) is 11.8 Å². The number of rotatable bonds is 8. The SMILES string of the molecule is O=C(COC(=O)CNC(=O)c1cccs1)Nc1ccccc1Oc1ccccc1. The van der Waals surface area contributed by atoms with Crippen molar-refractivity contribution in [3.05, 3.63) is 77.0 Å². The quantitative estimate of drug-likeness (QED) is 0.555. The number of anilines is 1. The highest BCUT2D eigenvalue weighted by molar-refractivity contribution is 7.12. The Balaban J connectivity index is 1.47. The molecule has 148 valence electrons. The fourth-order valence-corrected chi connectivity index (χ4v) is 2.95. The summed E-state index contributed by atoms with van der Waals surface area (Å²) in [4.78, 5) is 36.1. The molecule has 3 aromatic rings. The number of carbonyl (C=O) groups is 3. The van der Waals surface area contributed by atoms with Crippen molar-refractivity contribution >= 4 is 34.8 Å². The van der Waals surface area contributed by atoms with Gasteiger partial charge in [0.05, 0.1) is 10.6 Å². The van der Waals surface area contributed by atoms with Crippen molar-refractivity contribution < 1.29 is 23.9 Å². The van der Waals surface area contributed by atoms with E-state index in [1.807, 2.05) is 18.2 Å². The summed E-state index contributed by atoms with van der Waals surface area (Å²) in [6.07, 6.45) is 0. The molecule has 1 heterocycles. The topological polar surface area (TPSA) is 93.7 Å². The molecule has 0 spiro atoms. The van der Waals surface area contributed by atoms with Gasteiger partial charge in [0.1, 0.15) is 12.3 Å². The zero-order valence-electron chi connectivity index (χ0n) is 15.3. The van der Waals surface area contributed by atoms with Crippen molar-refractivity contribution in [3.8, 4) is 11.5 Å². The Kier molecular flexibility index (Phi) is 6.96. The molecule has 0 bridgehead atoms. The van der Waals surface area contributed by atoms with Gasteiger partial charge in [-0.25, -0.2) is 0 Å². The van der Waals surface area contributed by atoms with E-state index in [0.29, 0.717) is 22.1 Å². The predicted molar refractivity (Wildman–Crippen MR) is 109 cm³/mol. The fraction of sp³-hybridized carbons (Fsp3) is 0.0952. The predicted octanol–water partition coefficient (Wildman–Crippen LogP) is 3.45. The first kappa shape index (κ1) is 20.1. The van der Waals surface area contributed by atoms with Crippen LogP contribution in [-0.4, -0.2) is 30.9 Å². The second-order valence-corrected chi connectivity index (χ2v) is 6.73. The molecule has 2 N–H and O–H groups in total. The minimum Gasteiger partial charge on any atom is -0.455 e. The first-order chi connectivity index (χ1) is 14.1. The summed E-state index contributed by atoms with van der Waals surface area (Å²) in [5.74, 6) is -0.511. The number of hydrogen-bond acceptors (Lipinski definition) is 6. The molecule has 0 unspecified atom stereocenters. The molecule has 2 amide bonds. The van der Waals surface area contributed by atoms with Crippen molar-refractivity contribution in [2.24, 2.45) is 0 Å². The highest BCUT2D eigenvalue weighted by Gasteiger charge is 2.13. The van der Waals surface area contributed by atoms with Crippen LogP contribution in [0, 0.1) is 0 Å². The van der Waals surface area contributed by atoms with E-state index in [-0.39, 0.29) is 12.5 Å². The van der Waals surface area contributed by atoms with Crippen LogP contribution in [0.4, 0.5) is 5.69 Å². The molecule has 0 saturated heterocycles. The Morgan fingerprint density at radius 3 is 2.41 bits per heavy atom. The highest BCUT2D eigenvalue weighted by atomic mass is 32.1. The molecule has 0 saturated carbocycles. The van der Waals surface area contributed by atoms with Crippen LogP contribution in [0.1, 0.15) is 9.67 Å². The number of carbonyl (C=O) groups excluding carboxylic acids is 3. The number of para-hydroxylation sites is 3. The van der Waals surface area contributed by atoms with Crippen LogP contribution >= 0.6 is 11.3 Å². The van der Waals surface area contributed by atoms with Gasteiger partial charge < -0.3 is 20.1 Å². The molecule has 0 radical (unpaired) electrons. The zero-order valence-corrected chi connectivity index (χ0v) is 16.1. The molecule has 0 aliphatic carbocycles. The van der Waals surface area contributed by atoms with Gasteiger partial charge in [-0.15, -0.1) is 11.3 Å². The lowest BCUT2D eigenvalue weighted by molar-refractivity contribution is -0.146. The van der Waals surface area contributed by atoms with Crippen LogP contribution in [0.15, 0.2) is 72.1 Å². The van der Waals surface area contributed by atoms with E-state index in [4.69, 9.17) is 9.47 Å². The molecule has 1 aromatic heterocycles. The molecule has 2 aromatic carbocycles. The molecular formula is C21H18N2O5S. The third-order valence-electron chi connectivity index (χ3n) is 3.63. The number of nitrogens with one attached hydrogen (secondary N) is 2. The maximum absolute atomic E-state index is 12.1. The minimum atomic E-state index is -0.709. The zero-order chi connectivity index (χ0) is 20.5. The maximum Gasteiger partial charge on any atom is 0.325 e. The molecule has 29 heavy (non-hydrogen) atoms. The Hall–Kier alpha value is -3.65. The van der Waals surface area contributed by atoms with Crippen molar-refractivity contribution in [1.82, 2.24) is 5.32 Å². The van der Waals surface area contributed by atoms with Crippen molar-refractivity contribution in [2.75, 3.05) is 18.5 Å². The Morgan fingerprint density at radius 1 is 0.897 bits per heavy atom. The van der Waals surface area contributed by atoms with E-state index in [9.17, 15) is 14.4 Å². The lowest BCUT2D eigenvalue weighted by Gasteiger charge is -2.12. The van der Waals surface area contributed by atoms with E-state index in [2.05, 4.69) is 10.6 Å². The smallest absolute Gasteiger partial charge is 0.325 e. The lowest BCUT2D eigenvalue weighted by atomic mass is 10.3. The first-order valence-corrected chi connectivity index (χ1v) is 9.59. The van der Waals surface area contributed by atoms with Crippen molar-refractivity contribution in [1.29, 1.82) is 0 Å². The molecule has 3 rings (SSSR count). The molecule has 0 fully saturated rings. The summed E-state index contributed by atoms with van der Waals surface area (Å²) in [5.41, 5.74) is 0.448. The standard InChI is InChI=1S/C21H18N2O5S/c24-19(14-27-20(25)13-22-21(26)18-11-6-12-29-18)23-16-9-4-5-10-17(16)28-15-7-2-1-3-8-15/h1-12H,13-14H2,(H,22,26)(H,23,24). The van der Waals surface area contributed by atoms with Gasteiger partial charge in [-0.2, -0.15) is 0 Å². The molecule has 0 aliphatic heterocycles. The number of thiophene rings is 1. The summed E-state index contributed by atoms with van der Waals surface area (Å²) in [7, 11) is 0. The van der Waals surface area contributed by atoms with Crippen molar-refractivity contribution in [2.45, 2.75) is 0 Å². The first-order valence-electron chi connectivity index (χ1n) is 8.71. The van der Waals surface area contributed by atoms with Gasteiger partial charge in [0.2, 0.25) is 0 Å². The van der Waals surface area contributed by atoms with Crippen LogP contribution in [0.25, 0.3) is 0 Å². The van der Waals surface area contributed by atoms with Gasteiger partial charge in [0.15, 0.2) is 12.4 Å². The Bertz CT molecular complexity index is 974. The molecular weight excluding hydrogens is 392 g/mol. The number of esters is 1. The molecule has 0 atom stereocenters. The summed E-state index contributed by atoms with van der Waals surface area (Å²) < 4.78 is 10.7. The van der Waals surface area contributed by atoms with Crippen molar-refractivity contribution in [3.63, 3.8) is 0 Å². The lowest BCUT2D eigenvalue weighted by Crippen LogP contribution is -2.31. The Labute approximate surface area is 171 Å². The van der Waals surface area contributed by atoms with E-state index in [1.165, 1.54) is 11.3 Å². The van der Waals surface area contributed by atoms with Crippen LogP contribution in [0.2, 0.25) is 0 Å². The maximum atomic E-state index is 12.1. The summed E-state index contributed by atoms with van der Waals surface area (Å²) in [6, 6.07) is 19.5. The Morgan fingerprint density at radius 2 is 1.66 bits per heavy atom. The highest BCUT2D eigenvalue weighted by Crippen LogP contribution is 2.28. The van der Waals surface area contributed by atoms with Gasteiger partial charge in [-0.1, -0.05) is 36.4 Å². The van der Waals surface area contributed by atoms with Crippen LogP contribution < -0.4 is 15.4 Å². The van der Waals surface area contributed by atoms with E-state index in [0.717, 1.165) is 0 Å². The summed E-state index contributed by atoms with van der Waals surface area (Å²) >= 11 is 1.26. The second kappa shape index (κ2) is 10.0. The second-order valence-electron chi connectivity index (χ2n) is 5.78. The van der Waals surface area contributed by atoms with Gasteiger partial charge in [-0.05, 0) is 35.7 Å². The summed E-state index contributed by atoms with van der Waals surface area (Å²) in [5, 5.41) is 6.85. The van der Waals surface area contributed by atoms with Crippen LogP contribution in [0.5, 0.6) is 11.5 Å².